The molecule has 3 heteroatoms. The molecule has 2 rings (SSSR count). The van der Waals surface area contributed by atoms with Gasteiger partial charge in [-0.05, 0) is 30.6 Å². The minimum Gasteiger partial charge on any atom is -0.348 e. The molecule has 3 atom stereocenters. The number of H-pyrrole nitrogens is 1. The maximum atomic E-state index is 4.06. The van der Waals surface area contributed by atoms with Crippen molar-refractivity contribution in [1.82, 2.24) is 15.3 Å². The van der Waals surface area contributed by atoms with Crippen LogP contribution in [-0.2, 0) is 6.42 Å². The summed E-state index contributed by atoms with van der Waals surface area (Å²) in [7, 11) is 0. The average molecular weight is 249 g/mol. The van der Waals surface area contributed by atoms with Crippen LogP contribution in [0.25, 0.3) is 0 Å². The van der Waals surface area contributed by atoms with Gasteiger partial charge in [0.1, 0.15) is 0 Å². The highest BCUT2D eigenvalue weighted by molar-refractivity contribution is 4.95. The van der Waals surface area contributed by atoms with Gasteiger partial charge in [-0.1, -0.05) is 27.2 Å². The zero-order valence-electron chi connectivity index (χ0n) is 11.9. The second kappa shape index (κ2) is 6.37. The summed E-state index contributed by atoms with van der Waals surface area (Å²) in [6.45, 7) is 8.18. The maximum absolute atomic E-state index is 4.06. The van der Waals surface area contributed by atoms with Gasteiger partial charge in [-0.25, -0.2) is 4.98 Å². The van der Waals surface area contributed by atoms with Gasteiger partial charge in [0.2, 0.25) is 0 Å². The van der Waals surface area contributed by atoms with Gasteiger partial charge in [0.15, 0.2) is 0 Å². The van der Waals surface area contributed by atoms with Gasteiger partial charge in [-0.15, -0.1) is 0 Å². The van der Waals surface area contributed by atoms with E-state index in [1.54, 1.807) is 6.33 Å². The third kappa shape index (κ3) is 3.58. The van der Waals surface area contributed by atoms with Crippen molar-refractivity contribution < 1.29 is 0 Å². The van der Waals surface area contributed by atoms with Crippen LogP contribution in [0.1, 0.15) is 45.7 Å². The van der Waals surface area contributed by atoms with Crippen molar-refractivity contribution in [2.75, 3.05) is 6.54 Å². The fourth-order valence-electron chi connectivity index (χ4n) is 3.25. The van der Waals surface area contributed by atoms with Crippen molar-refractivity contribution in [1.29, 1.82) is 0 Å². The van der Waals surface area contributed by atoms with Crippen LogP contribution < -0.4 is 5.32 Å². The molecule has 3 nitrogen and oxygen atoms in total. The summed E-state index contributed by atoms with van der Waals surface area (Å²) < 4.78 is 0. The second-order valence-corrected chi connectivity index (χ2v) is 6.21. The molecule has 0 amide bonds. The average Bonchev–Trinajstić information content (AvgIpc) is 2.82. The molecule has 3 unspecified atom stereocenters. The SMILES string of the molecule is CC1CCC(C(C)C)C(NCCc2cnc[nH]2)C1. The molecule has 2 N–H and O–H groups in total. The highest BCUT2D eigenvalue weighted by Gasteiger charge is 2.29. The molecule has 1 aliphatic rings. The van der Waals surface area contributed by atoms with Crippen LogP contribution in [0.5, 0.6) is 0 Å². The monoisotopic (exact) mass is 249 g/mol. The molecule has 0 saturated heterocycles. The van der Waals surface area contributed by atoms with Crippen LogP contribution >= 0.6 is 0 Å². The summed E-state index contributed by atoms with van der Waals surface area (Å²) in [5, 5.41) is 3.77. The lowest BCUT2D eigenvalue weighted by atomic mass is 9.74. The van der Waals surface area contributed by atoms with Crippen LogP contribution in [0.3, 0.4) is 0 Å². The number of aromatic nitrogens is 2. The maximum Gasteiger partial charge on any atom is 0.0921 e. The van der Waals surface area contributed by atoms with Crippen LogP contribution in [0, 0.1) is 17.8 Å². The van der Waals surface area contributed by atoms with Crippen LogP contribution in [0.4, 0.5) is 0 Å². The Morgan fingerprint density at radius 1 is 1.44 bits per heavy atom. The molecule has 102 valence electrons. The number of imidazole rings is 1. The van der Waals surface area contributed by atoms with Crippen molar-refractivity contribution in [3.05, 3.63) is 18.2 Å². The summed E-state index contributed by atoms with van der Waals surface area (Å²) in [5.41, 5.74) is 1.23. The van der Waals surface area contributed by atoms with Gasteiger partial charge in [-0.3, -0.25) is 0 Å². The Hall–Kier alpha value is -0.830. The molecule has 18 heavy (non-hydrogen) atoms. The molecule has 0 aromatic carbocycles. The minimum atomic E-state index is 0.705. The molecule has 0 aliphatic heterocycles. The van der Waals surface area contributed by atoms with E-state index in [1.165, 1.54) is 25.0 Å². The first-order valence-electron chi connectivity index (χ1n) is 7.37. The minimum absolute atomic E-state index is 0.705. The largest absolute Gasteiger partial charge is 0.348 e. The van der Waals surface area contributed by atoms with E-state index in [1.807, 2.05) is 6.20 Å². The fourth-order valence-corrected chi connectivity index (χ4v) is 3.25. The number of aromatic amines is 1. The lowest BCUT2D eigenvalue weighted by molar-refractivity contribution is 0.171. The summed E-state index contributed by atoms with van der Waals surface area (Å²) in [6, 6.07) is 0.705. The van der Waals surface area contributed by atoms with E-state index < -0.39 is 0 Å². The summed E-state index contributed by atoms with van der Waals surface area (Å²) in [6.07, 6.45) is 8.86. The Morgan fingerprint density at radius 2 is 2.28 bits per heavy atom. The van der Waals surface area contributed by atoms with Gasteiger partial charge in [0.05, 0.1) is 6.33 Å². The highest BCUT2D eigenvalue weighted by atomic mass is 14.9. The molecule has 1 aliphatic carbocycles. The van der Waals surface area contributed by atoms with E-state index in [0.717, 1.165) is 30.7 Å². The first kappa shape index (κ1) is 13.6. The molecule has 0 radical (unpaired) electrons. The summed E-state index contributed by atoms with van der Waals surface area (Å²) >= 11 is 0. The van der Waals surface area contributed by atoms with E-state index in [0.29, 0.717) is 6.04 Å². The quantitative estimate of drug-likeness (QED) is 0.842. The van der Waals surface area contributed by atoms with Gasteiger partial charge >= 0.3 is 0 Å². The molecule has 1 fully saturated rings. The van der Waals surface area contributed by atoms with Crippen molar-refractivity contribution in [3.8, 4) is 0 Å². The first-order valence-corrected chi connectivity index (χ1v) is 7.37. The Labute approximate surface area is 111 Å². The van der Waals surface area contributed by atoms with E-state index in [-0.39, 0.29) is 0 Å². The molecule has 1 aromatic rings. The van der Waals surface area contributed by atoms with Gasteiger partial charge < -0.3 is 10.3 Å². The van der Waals surface area contributed by atoms with Crippen LogP contribution in [-0.4, -0.2) is 22.6 Å². The zero-order valence-corrected chi connectivity index (χ0v) is 11.9. The number of nitrogens with zero attached hydrogens (tertiary/aromatic N) is 1. The van der Waals surface area contributed by atoms with Crippen LogP contribution in [0.15, 0.2) is 12.5 Å². The van der Waals surface area contributed by atoms with Crippen molar-refractivity contribution in [3.63, 3.8) is 0 Å². The Kier molecular flexibility index (Phi) is 4.81. The Balaban J connectivity index is 1.81. The van der Waals surface area contributed by atoms with Crippen LogP contribution in [0.2, 0.25) is 0 Å². The number of hydrogen-bond donors (Lipinski definition) is 2. The van der Waals surface area contributed by atoms with E-state index in [9.17, 15) is 0 Å². The van der Waals surface area contributed by atoms with Gasteiger partial charge in [0, 0.05) is 30.9 Å². The Bertz CT molecular complexity index is 332. The van der Waals surface area contributed by atoms with Gasteiger partial charge in [-0.2, -0.15) is 0 Å². The second-order valence-electron chi connectivity index (χ2n) is 6.21. The third-order valence-electron chi connectivity index (χ3n) is 4.38. The normalized spacial score (nSPS) is 28.8. The van der Waals surface area contributed by atoms with E-state index in [2.05, 4.69) is 36.1 Å². The Morgan fingerprint density at radius 3 is 2.94 bits per heavy atom. The molecule has 1 aromatic heterocycles. The zero-order chi connectivity index (χ0) is 13.0. The standard InChI is InChI=1S/C15H27N3/c1-11(2)14-5-4-12(3)8-15(14)17-7-6-13-9-16-10-18-13/h9-12,14-15,17H,4-8H2,1-3H3,(H,16,18). The van der Waals surface area contributed by atoms with E-state index >= 15 is 0 Å². The van der Waals surface area contributed by atoms with Crippen molar-refractivity contribution in [2.45, 2.75) is 52.5 Å². The van der Waals surface area contributed by atoms with E-state index in [4.69, 9.17) is 0 Å². The molecule has 0 spiro atoms. The molecule has 1 saturated carbocycles. The first-order chi connectivity index (χ1) is 8.66. The molecule has 0 bridgehead atoms. The number of hydrogen-bond acceptors (Lipinski definition) is 2. The summed E-state index contributed by atoms with van der Waals surface area (Å²) in [5.74, 6) is 2.52. The number of rotatable bonds is 5. The predicted octanol–water partition coefficient (Wildman–Crippen LogP) is 3.00. The summed E-state index contributed by atoms with van der Waals surface area (Å²) in [4.78, 5) is 7.23. The molecular weight excluding hydrogens is 222 g/mol. The van der Waals surface area contributed by atoms with Gasteiger partial charge in [0.25, 0.3) is 0 Å². The highest BCUT2D eigenvalue weighted by Crippen LogP contribution is 2.33. The van der Waals surface area contributed by atoms with Crippen molar-refractivity contribution in [2.24, 2.45) is 17.8 Å². The fraction of sp³-hybridized carbons (Fsp3) is 0.800. The lowest BCUT2D eigenvalue weighted by Gasteiger charge is -2.38. The molecular formula is C15H27N3. The lowest BCUT2D eigenvalue weighted by Crippen LogP contribution is -2.43. The van der Waals surface area contributed by atoms with Crippen molar-refractivity contribution >= 4 is 0 Å². The number of nitrogens with one attached hydrogen (secondary N) is 2. The third-order valence-corrected chi connectivity index (χ3v) is 4.38. The predicted molar refractivity (Wildman–Crippen MR) is 75.4 cm³/mol. The topological polar surface area (TPSA) is 40.7 Å². The smallest absolute Gasteiger partial charge is 0.0921 e. The molecule has 1 heterocycles.